The van der Waals surface area contributed by atoms with Crippen molar-refractivity contribution in [2.24, 2.45) is 0 Å². The number of unbranched alkanes of at least 4 members (excludes halogenated alkanes) is 1. The van der Waals surface area contributed by atoms with Crippen LogP contribution in [0.1, 0.15) is 44.1 Å². The summed E-state index contributed by atoms with van der Waals surface area (Å²) < 4.78 is 13.2. The van der Waals surface area contributed by atoms with Gasteiger partial charge in [-0.25, -0.2) is 4.39 Å². The second-order valence-electron chi connectivity index (χ2n) is 5.80. The second-order valence-corrected chi connectivity index (χ2v) is 5.80. The third-order valence-electron chi connectivity index (χ3n) is 3.87. The van der Waals surface area contributed by atoms with Crippen LogP contribution in [0.5, 0.6) is 0 Å². The van der Waals surface area contributed by atoms with E-state index >= 15 is 0 Å². The lowest BCUT2D eigenvalue weighted by Crippen LogP contribution is -2.34. The lowest BCUT2D eigenvalue weighted by atomic mass is 10.1. The largest absolute Gasteiger partial charge is 0.481 e. The van der Waals surface area contributed by atoms with Crippen molar-refractivity contribution in [2.75, 3.05) is 6.54 Å². The summed E-state index contributed by atoms with van der Waals surface area (Å²) in [4.78, 5) is 24.6. The highest BCUT2D eigenvalue weighted by Gasteiger charge is 2.31. The van der Waals surface area contributed by atoms with E-state index in [0.717, 1.165) is 18.4 Å². The molecule has 0 atom stereocenters. The Balaban J connectivity index is 1.79. The summed E-state index contributed by atoms with van der Waals surface area (Å²) in [5, 5.41) is 8.59. The molecule has 4 nitrogen and oxygen atoms in total. The summed E-state index contributed by atoms with van der Waals surface area (Å²) in [6, 6.07) is 6.78. The van der Waals surface area contributed by atoms with Crippen molar-refractivity contribution in [3.63, 3.8) is 0 Å². The zero-order valence-corrected chi connectivity index (χ0v) is 12.6. The Hall–Kier alpha value is -1.91. The van der Waals surface area contributed by atoms with Gasteiger partial charge in [-0.2, -0.15) is 0 Å². The molecule has 0 unspecified atom stereocenters. The van der Waals surface area contributed by atoms with E-state index in [4.69, 9.17) is 5.11 Å². The predicted octanol–water partition coefficient (Wildman–Crippen LogP) is 3.00. The zero-order valence-electron chi connectivity index (χ0n) is 12.6. The number of hydrogen-bond acceptors (Lipinski definition) is 2. The van der Waals surface area contributed by atoms with Gasteiger partial charge in [-0.1, -0.05) is 12.1 Å². The number of rotatable bonds is 9. The van der Waals surface area contributed by atoms with Crippen LogP contribution in [0, 0.1) is 5.82 Å². The molecule has 0 spiro atoms. The average Bonchev–Trinajstić information content (AvgIpc) is 3.28. The number of carboxylic acids is 1. The molecule has 1 aromatic carbocycles. The SMILES string of the molecule is O=C(O)CCCCC(=O)N(CCc1cccc(F)c1)C1CC1. The van der Waals surface area contributed by atoms with Crippen LogP contribution in [0.3, 0.4) is 0 Å². The number of nitrogens with zero attached hydrogens (tertiary/aromatic N) is 1. The molecule has 22 heavy (non-hydrogen) atoms. The third kappa shape index (κ3) is 5.47. The molecule has 1 aromatic rings. The minimum Gasteiger partial charge on any atom is -0.481 e. The van der Waals surface area contributed by atoms with Crippen LogP contribution in [0.25, 0.3) is 0 Å². The summed E-state index contributed by atoms with van der Waals surface area (Å²) >= 11 is 0. The van der Waals surface area contributed by atoms with Crippen LogP contribution < -0.4 is 0 Å². The lowest BCUT2D eigenvalue weighted by molar-refractivity contribution is -0.137. The normalized spacial score (nSPS) is 13.9. The van der Waals surface area contributed by atoms with Gasteiger partial charge in [0.1, 0.15) is 5.82 Å². The second kappa shape index (κ2) is 7.92. The first-order valence-corrected chi connectivity index (χ1v) is 7.82. The molecule has 1 aliphatic carbocycles. The van der Waals surface area contributed by atoms with Gasteiger partial charge in [0.05, 0.1) is 0 Å². The zero-order chi connectivity index (χ0) is 15.9. The van der Waals surface area contributed by atoms with E-state index in [0.29, 0.717) is 38.3 Å². The molecule has 0 radical (unpaired) electrons. The first-order valence-electron chi connectivity index (χ1n) is 7.82. The minimum absolute atomic E-state index is 0.0873. The summed E-state index contributed by atoms with van der Waals surface area (Å²) in [5.74, 6) is -0.989. The van der Waals surface area contributed by atoms with Gasteiger partial charge in [-0.15, -0.1) is 0 Å². The molecule has 1 amide bonds. The Bertz CT molecular complexity index is 528. The van der Waals surface area contributed by atoms with Gasteiger partial charge >= 0.3 is 5.97 Å². The molecule has 2 rings (SSSR count). The van der Waals surface area contributed by atoms with Gasteiger partial charge in [0.25, 0.3) is 0 Å². The standard InChI is InChI=1S/C17H22FNO3/c18-14-5-3-4-13(12-14)10-11-19(15-8-9-15)16(20)6-1-2-7-17(21)22/h3-5,12,15H,1-2,6-11H2,(H,21,22). The van der Waals surface area contributed by atoms with Crippen LogP contribution in [0.2, 0.25) is 0 Å². The number of carboxylic acid groups (broad SMARTS) is 1. The first kappa shape index (κ1) is 16.5. The molecule has 0 bridgehead atoms. The number of amides is 1. The molecule has 1 fully saturated rings. The van der Waals surface area contributed by atoms with E-state index < -0.39 is 5.97 Å². The molecule has 0 saturated heterocycles. The number of carbonyl (C=O) groups is 2. The maximum absolute atomic E-state index is 13.2. The van der Waals surface area contributed by atoms with Crippen LogP contribution in [-0.4, -0.2) is 34.5 Å². The van der Waals surface area contributed by atoms with E-state index in [1.807, 2.05) is 11.0 Å². The summed E-state index contributed by atoms with van der Waals surface area (Å²) in [6.07, 6.45) is 4.36. The first-order chi connectivity index (χ1) is 10.6. The van der Waals surface area contributed by atoms with E-state index in [1.165, 1.54) is 12.1 Å². The molecular weight excluding hydrogens is 285 g/mol. The topological polar surface area (TPSA) is 57.6 Å². The maximum atomic E-state index is 13.2. The van der Waals surface area contributed by atoms with E-state index in [9.17, 15) is 14.0 Å². The highest BCUT2D eigenvalue weighted by molar-refractivity contribution is 5.77. The van der Waals surface area contributed by atoms with Crippen molar-refractivity contribution >= 4 is 11.9 Å². The molecule has 1 saturated carbocycles. The van der Waals surface area contributed by atoms with Crippen LogP contribution >= 0.6 is 0 Å². The molecule has 5 heteroatoms. The van der Waals surface area contributed by atoms with Crippen molar-refractivity contribution in [1.82, 2.24) is 4.90 Å². The van der Waals surface area contributed by atoms with E-state index in [-0.39, 0.29) is 18.1 Å². The Kier molecular flexibility index (Phi) is 5.92. The van der Waals surface area contributed by atoms with Crippen molar-refractivity contribution in [2.45, 2.75) is 51.0 Å². The van der Waals surface area contributed by atoms with Crippen LogP contribution in [-0.2, 0) is 16.0 Å². The highest BCUT2D eigenvalue weighted by atomic mass is 19.1. The van der Waals surface area contributed by atoms with Crippen LogP contribution in [0.15, 0.2) is 24.3 Å². The van der Waals surface area contributed by atoms with Gasteiger partial charge in [0, 0.05) is 25.4 Å². The lowest BCUT2D eigenvalue weighted by Gasteiger charge is -2.22. The molecule has 0 heterocycles. The van der Waals surface area contributed by atoms with Gasteiger partial charge in [0.2, 0.25) is 5.91 Å². The molecule has 120 valence electrons. The molecular formula is C17H22FNO3. The Morgan fingerprint density at radius 1 is 1.23 bits per heavy atom. The average molecular weight is 307 g/mol. The summed E-state index contributed by atoms with van der Waals surface area (Å²) in [7, 11) is 0. The third-order valence-corrected chi connectivity index (χ3v) is 3.87. The smallest absolute Gasteiger partial charge is 0.303 e. The van der Waals surface area contributed by atoms with Crippen molar-refractivity contribution in [1.29, 1.82) is 0 Å². The maximum Gasteiger partial charge on any atom is 0.303 e. The Morgan fingerprint density at radius 2 is 1.95 bits per heavy atom. The van der Waals surface area contributed by atoms with Gasteiger partial charge in [-0.05, 0) is 49.8 Å². The fourth-order valence-corrected chi connectivity index (χ4v) is 2.54. The molecule has 0 aromatic heterocycles. The number of benzene rings is 1. The summed E-state index contributed by atoms with van der Waals surface area (Å²) in [6.45, 7) is 0.603. The number of halogens is 1. The van der Waals surface area contributed by atoms with Crippen molar-refractivity contribution < 1.29 is 19.1 Å². The minimum atomic E-state index is -0.822. The van der Waals surface area contributed by atoms with Crippen molar-refractivity contribution in [3.8, 4) is 0 Å². The fourth-order valence-electron chi connectivity index (χ4n) is 2.54. The Morgan fingerprint density at radius 3 is 2.59 bits per heavy atom. The predicted molar refractivity (Wildman–Crippen MR) is 80.9 cm³/mol. The molecule has 1 aliphatic rings. The van der Waals surface area contributed by atoms with Gasteiger partial charge in [0.15, 0.2) is 0 Å². The van der Waals surface area contributed by atoms with E-state index in [1.54, 1.807) is 6.07 Å². The van der Waals surface area contributed by atoms with Crippen LogP contribution in [0.4, 0.5) is 4.39 Å². The quantitative estimate of drug-likeness (QED) is 0.714. The fraction of sp³-hybridized carbons (Fsp3) is 0.529. The van der Waals surface area contributed by atoms with Gasteiger partial charge in [-0.3, -0.25) is 9.59 Å². The highest BCUT2D eigenvalue weighted by Crippen LogP contribution is 2.28. The number of hydrogen-bond donors (Lipinski definition) is 1. The number of carbonyl (C=O) groups excluding carboxylic acids is 1. The van der Waals surface area contributed by atoms with Gasteiger partial charge < -0.3 is 10.0 Å². The van der Waals surface area contributed by atoms with Crippen molar-refractivity contribution in [3.05, 3.63) is 35.6 Å². The monoisotopic (exact) mass is 307 g/mol. The van der Waals surface area contributed by atoms with E-state index in [2.05, 4.69) is 0 Å². The molecule has 0 aliphatic heterocycles. The Labute approximate surface area is 129 Å². The summed E-state index contributed by atoms with van der Waals surface area (Å²) in [5.41, 5.74) is 0.893. The number of aliphatic carboxylic acids is 1. The molecule has 1 N–H and O–H groups in total.